The predicted molar refractivity (Wildman–Crippen MR) is 135 cm³/mol. The van der Waals surface area contributed by atoms with Crippen molar-refractivity contribution in [2.24, 2.45) is 0 Å². The third kappa shape index (κ3) is 7.70. The van der Waals surface area contributed by atoms with Gasteiger partial charge < -0.3 is 14.8 Å². The number of amides is 1. The smallest absolute Gasteiger partial charge is 0.261 e. The van der Waals surface area contributed by atoms with Gasteiger partial charge in [-0.3, -0.25) is 9.52 Å². The number of ether oxygens (including phenoxy) is 2. The molecule has 3 N–H and O–H groups in total. The van der Waals surface area contributed by atoms with Gasteiger partial charge in [-0.2, -0.15) is 0 Å². The molecule has 0 saturated heterocycles. The summed E-state index contributed by atoms with van der Waals surface area (Å²) in [7, 11) is -6.01. The average Bonchev–Trinajstić information content (AvgIpc) is 2.86. The highest BCUT2D eigenvalue weighted by Crippen LogP contribution is 2.22. The van der Waals surface area contributed by atoms with Crippen LogP contribution in [-0.4, -0.2) is 49.5 Å². The van der Waals surface area contributed by atoms with E-state index < -0.39 is 26.0 Å². The predicted octanol–water partition coefficient (Wildman–Crippen LogP) is 2.28. The van der Waals surface area contributed by atoms with Crippen molar-refractivity contribution in [1.82, 2.24) is 10.0 Å². The Bertz CT molecular complexity index is 1390. The summed E-state index contributed by atoms with van der Waals surface area (Å²) in [5, 5.41) is 2.55. The van der Waals surface area contributed by atoms with Gasteiger partial charge in [0.1, 0.15) is 11.5 Å². The third-order valence-corrected chi connectivity index (χ3v) is 7.77. The van der Waals surface area contributed by atoms with Gasteiger partial charge in [-0.15, -0.1) is 0 Å². The zero-order chi connectivity index (χ0) is 26.2. The molecule has 0 aliphatic carbocycles. The molecule has 0 saturated carbocycles. The first-order valence-corrected chi connectivity index (χ1v) is 13.8. The number of carbonyl (C=O) groups excluding carboxylic acids is 1. The Labute approximate surface area is 210 Å². The maximum Gasteiger partial charge on any atom is 0.261 e. The minimum Gasteiger partial charge on any atom is -0.497 e. The normalized spacial score (nSPS) is 11.5. The van der Waals surface area contributed by atoms with Gasteiger partial charge in [-0.25, -0.2) is 21.6 Å². The quantitative estimate of drug-likeness (QED) is 0.304. The molecular formula is C24H27N3O7S2. The van der Waals surface area contributed by atoms with Crippen molar-refractivity contribution in [2.75, 3.05) is 31.5 Å². The van der Waals surface area contributed by atoms with Crippen LogP contribution in [0.4, 0.5) is 5.69 Å². The molecule has 192 valence electrons. The molecule has 0 aromatic heterocycles. The minimum absolute atomic E-state index is 0.00873. The number of methoxy groups -OCH3 is 1. The van der Waals surface area contributed by atoms with Crippen LogP contribution in [0.3, 0.4) is 0 Å². The van der Waals surface area contributed by atoms with E-state index in [0.717, 1.165) is 5.56 Å². The number of nitrogens with one attached hydrogen (secondary N) is 3. The van der Waals surface area contributed by atoms with Crippen LogP contribution < -0.4 is 24.2 Å². The van der Waals surface area contributed by atoms with Crippen molar-refractivity contribution in [3.8, 4) is 11.5 Å². The van der Waals surface area contributed by atoms with Crippen LogP contribution >= 0.6 is 0 Å². The van der Waals surface area contributed by atoms with E-state index in [2.05, 4.69) is 14.8 Å². The number of hydrogen-bond acceptors (Lipinski definition) is 7. The maximum atomic E-state index is 12.6. The first kappa shape index (κ1) is 27.0. The van der Waals surface area contributed by atoms with Crippen LogP contribution in [0.25, 0.3) is 0 Å². The molecule has 3 aromatic rings. The number of rotatable bonds is 12. The number of sulfonamides is 2. The van der Waals surface area contributed by atoms with Crippen LogP contribution in [0, 0.1) is 6.92 Å². The fourth-order valence-electron chi connectivity index (χ4n) is 3.00. The highest BCUT2D eigenvalue weighted by atomic mass is 32.2. The van der Waals surface area contributed by atoms with E-state index in [-0.39, 0.29) is 29.5 Å². The van der Waals surface area contributed by atoms with Crippen LogP contribution in [0.5, 0.6) is 11.5 Å². The van der Waals surface area contributed by atoms with E-state index in [1.54, 1.807) is 36.4 Å². The lowest BCUT2D eigenvalue weighted by molar-refractivity contribution is -0.123. The lowest BCUT2D eigenvalue weighted by atomic mass is 10.2. The first-order chi connectivity index (χ1) is 17.1. The molecule has 3 rings (SSSR count). The number of carbonyl (C=O) groups is 1. The van der Waals surface area contributed by atoms with Gasteiger partial charge in [0, 0.05) is 19.2 Å². The van der Waals surface area contributed by atoms with Crippen LogP contribution in [0.1, 0.15) is 5.56 Å². The molecule has 36 heavy (non-hydrogen) atoms. The maximum absolute atomic E-state index is 12.6. The van der Waals surface area contributed by atoms with Crippen LogP contribution in [0.2, 0.25) is 0 Å². The zero-order valence-electron chi connectivity index (χ0n) is 19.7. The SMILES string of the molecule is COc1cccc(NS(=O)(=O)c2ccc(OCC(=O)NCCNS(=O)(=O)c3ccc(C)cc3)cc2)c1. The summed E-state index contributed by atoms with van der Waals surface area (Å²) in [6.07, 6.45) is 0. The van der Waals surface area contributed by atoms with E-state index in [1.165, 1.54) is 43.5 Å². The standard InChI is InChI=1S/C24H27N3O7S2/c1-18-6-10-22(11-7-18)35(29,30)26-15-14-25-24(28)17-34-20-8-12-23(13-9-20)36(31,32)27-19-4-3-5-21(16-19)33-2/h3-13,16,26-27H,14-15,17H2,1-2H3,(H,25,28). The fraction of sp³-hybridized carbons (Fsp3) is 0.208. The second-order valence-electron chi connectivity index (χ2n) is 7.66. The second kappa shape index (κ2) is 11.9. The Balaban J connectivity index is 1.44. The first-order valence-electron chi connectivity index (χ1n) is 10.8. The third-order valence-electron chi connectivity index (χ3n) is 4.90. The molecule has 0 heterocycles. The van der Waals surface area contributed by atoms with Crippen LogP contribution in [0.15, 0.2) is 82.6 Å². The van der Waals surface area contributed by atoms with Crippen molar-refractivity contribution in [3.63, 3.8) is 0 Å². The molecule has 12 heteroatoms. The van der Waals surface area contributed by atoms with Crippen molar-refractivity contribution in [3.05, 3.63) is 78.4 Å². The Morgan fingerprint density at radius 3 is 2.11 bits per heavy atom. The molecule has 3 aromatic carbocycles. The van der Waals surface area contributed by atoms with Gasteiger partial charge in [-0.1, -0.05) is 23.8 Å². The summed E-state index contributed by atoms with van der Waals surface area (Å²) in [5.41, 5.74) is 1.30. The zero-order valence-corrected chi connectivity index (χ0v) is 21.4. The summed E-state index contributed by atoms with van der Waals surface area (Å²) in [6, 6.07) is 18.5. The van der Waals surface area contributed by atoms with E-state index in [0.29, 0.717) is 17.2 Å². The lowest BCUT2D eigenvalue weighted by Crippen LogP contribution is -2.36. The Hall–Kier alpha value is -3.61. The molecule has 0 spiro atoms. The van der Waals surface area contributed by atoms with E-state index >= 15 is 0 Å². The Morgan fingerprint density at radius 1 is 0.806 bits per heavy atom. The second-order valence-corrected chi connectivity index (χ2v) is 11.1. The summed E-state index contributed by atoms with van der Waals surface area (Å²) in [6.45, 7) is 1.62. The number of benzene rings is 3. The Morgan fingerprint density at radius 2 is 1.44 bits per heavy atom. The molecule has 0 unspecified atom stereocenters. The van der Waals surface area contributed by atoms with Crippen molar-refractivity contribution in [2.45, 2.75) is 16.7 Å². The van der Waals surface area contributed by atoms with Gasteiger partial charge in [0.2, 0.25) is 10.0 Å². The molecule has 0 atom stereocenters. The topological polar surface area (TPSA) is 140 Å². The largest absolute Gasteiger partial charge is 0.497 e. The number of anilines is 1. The van der Waals surface area contributed by atoms with Crippen molar-refractivity contribution < 1.29 is 31.1 Å². The number of aryl methyl sites for hydroxylation is 1. The van der Waals surface area contributed by atoms with E-state index in [4.69, 9.17) is 9.47 Å². The van der Waals surface area contributed by atoms with Crippen molar-refractivity contribution in [1.29, 1.82) is 0 Å². The molecule has 0 fully saturated rings. The van der Waals surface area contributed by atoms with E-state index in [1.807, 2.05) is 6.92 Å². The fourth-order valence-corrected chi connectivity index (χ4v) is 5.08. The summed E-state index contributed by atoms with van der Waals surface area (Å²) in [4.78, 5) is 12.2. The highest BCUT2D eigenvalue weighted by molar-refractivity contribution is 7.92. The van der Waals surface area contributed by atoms with Crippen LogP contribution in [-0.2, 0) is 24.8 Å². The highest BCUT2D eigenvalue weighted by Gasteiger charge is 2.15. The van der Waals surface area contributed by atoms with Gasteiger partial charge >= 0.3 is 0 Å². The van der Waals surface area contributed by atoms with E-state index in [9.17, 15) is 21.6 Å². The molecule has 0 radical (unpaired) electrons. The summed E-state index contributed by atoms with van der Waals surface area (Å²) in [5.74, 6) is 0.354. The van der Waals surface area contributed by atoms with Gasteiger partial charge in [0.05, 0.1) is 22.6 Å². The molecule has 0 aliphatic rings. The summed E-state index contributed by atoms with van der Waals surface area (Å²) < 4.78 is 65.0. The van der Waals surface area contributed by atoms with Crippen molar-refractivity contribution >= 4 is 31.6 Å². The minimum atomic E-state index is -3.83. The monoisotopic (exact) mass is 533 g/mol. The molecular weight excluding hydrogens is 506 g/mol. The molecule has 10 nitrogen and oxygen atoms in total. The van der Waals surface area contributed by atoms with Gasteiger partial charge in [0.25, 0.3) is 15.9 Å². The number of hydrogen-bond donors (Lipinski definition) is 3. The lowest BCUT2D eigenvalue weighted by Gasteiger charge is -2.11. The van der Waals surface area contributed by atoms with Gasteiger partial charge in [0.15, 0.2) is 6.61 Å². The molecule has 1 amide bonds. The molecule has 0 aliphatic heterocycles. The van der Waals surface area contributed by atoms with Gasteiger partial charge in [-0.05, 0) is 55.5 Å². The average molecular weight is 534 g/mol. The summed E-state index contributed by atoms with van der Waals surface area (Å²) >= 11 is 0. The Kier molecular flexibility index (Phi) is 8.91. The molecule has 0 bridgehead atoms.